The number of para-hydroxylation sites is 1. The summed E-state index contributed by atoms with van der Waals surface area (Å²) in [6.45, 7) is 1.63. The molecule has 0 bridgehead atoms. The number of aromatic nitrogens is 1. The molecule has 7 heteroatoms. The van der Waals surface area contributed by atoms with Crippen LogP contribution in [0, 0.1) is 6.92 Å². The third-order valence-corrected chi connectivity index (χ3v) is 4.41. The van der Waals surface area contributed by atoms with Gasteiger partial charge in [-0.2, -0.15) is 0 Å². The van der Waals surface area contributed by atoms with Crippen LogP contribution in [0.1, 0.15) is 15.9 Å². The summed E-state index contributed by atoms with van der Waals surface area (Å²) in [4.78, 5) is 39.7. The van der Waals surface area contributed by atoms with Crippen LogP contribution in [0.5, 0.6) is 0 Å². The van der Waals surface area contributed by atoms with Gasteiger partial charge in [-0.25, -0.2) is 0 Å². The fraction of sp³-hybridized carbons (Fsp3) is 0.105. The molecule has 132 valence electrons. The summed E-state index contributed by atoms with van der Waals surface area (Å²) < 4.78 is 0.838. The van der Waals surface area contributed by atoms with Crippen molar-refractivity contribution >= 4 is 44.3 Å². The molecule has 3 N–H and O–H groups in total. The van der Waals surface area contributed by atoms with Crippen molar-refractivity contribution in [1.29, 1.82) is 0 Å². The molecule has 0 fully saturated rings. The molecule has 1 aromatic heterocycles. The topological polar surface area (TPSA) is 91.1 Å². The van der Waals surface area contributed by atoms with Crippen molar-refractivity contribution in [2.45, 2.75) is 6.92 Å². The Morgan fingerprint density at radius 2 is 1.92 bits per heavy atom. The van der Waals surface area contributed by atoms with E-state index < -0.39 is 5.91 Å². The first-order chi connectivity index (χ1) is 12.5. The van der Waals surface area contributed by atoms with Gasteiger partial charge in [0.1, 0.15) is 5.56 Å². The highest BCUT2D eigenvalue weighted by Crippen LogP contribution is 2.20. The van der Waals surface area contributed by atoms with Gasteiger partial charge in [0.2, 0.25) is 11.3 Å². The summed E-state index contributed by atoms with van der Waals surface area (Å²) in [5, 5.41) is 5.63. The van der Waals surface area contributed by atoms with Crippen LogP contribution in [0.15, 0.2) is 57.9 Å². The van der Waals surface area contributed by atoms with E-state index in [1.165, 1.54) is 6.20 Å². The van der Waals surface area contributed by atoms with E-state index in [4.69, 9.17) is 0 Å². The molecular weight excluding hydrogens is 398 g/mol. The number of carbonyl (C=O) groups is 2. The highest BCUT2D eigenvalue weighted by molar-refractivity contribution is 9.10. The molecule has 0 unspecified atom stereocenters. The Balaban J connectivity index is 1.69. The number of hydrogen-bond acceptors (Lipinski definition) is 3. The number of pyridine rings is 1. The lowest BCUT2D eigenvalue weighted by molar-refractivity contribution is -0.115. The van der Waals surface area contributed by atoms with Crippen molar-refractivity contribution in [1.82, 2.24) is 10.3 Å². The van der Waals surface area contributed by atoms with Gasteiger partial charge >= 0.3 is 0 Å². The van der Waals surface area contributed by atoms with Crippen LogP contribution in [-0.2, 0) is 4.79 Å². The second kappa shape index (κ2) is 7.53. The maximum Gasteiger partial charge on any atom is 0.257 e. The third-order valence-electron chi connectivity index (χ3n) is 3.92. The molecule has 0 aliphatic heterocycles. The summed E-state index contributed by atoms with van der Waals surface area (Å²) in [6, 6.07) is 12.5. The normalized spacial score (nSPS) is 10.5. The number of carbonyl (C=O) groups excluding carboxylic acids is 2. The van der Waals surface area contributed by atoms with Gasteiger partial charge in [0.15, 0.2) is 0 Å². The lowest BCUT2D eigenvalue weighted by Crippen LogP contribution is -2.35. The summed E-state index contributed by atoms with van der Waals surface area (Å²) in [5.41, 5.74) is 1.80. The largest absolute Gasteiger partial charge is 0.360 e. The van der Waals surface area contributed by atoms with Gasteiger partial charge in [-0.1, -0.05) is 34.1 Å². The molecule has 0 saturated carbocycles. The molecule has 26 heavy (non-hydrogen) atoms. The number of hydrogen-bond donors (Lipinski definition) is 3. The number of benzene rings is 2. The Hall–Kier alpha value is -2.93. The predicted molar refractivity (Wildman–Crippen MR) is 104 cm³/mol. The first-order valence-corrected chi connectivity index (χ1v) is 8.69. The van der Waals surface area contributed by atoms with Gasteiger partial charge in [0.05, 0.1) is 6.54 Å². The van der Waals surface area contributed by atoms with Gasteiger partial charge in [0, 0.05) is 27.3 Å². The number of aromatic amines is 1. The van der Waals surface area contributed by atoms with E-state index in [2.05, 4.69) is 31.5 Å². The predicted octanol–water partition coefficient (Wildman–Crippen LogP) is 2.97. The van der Waals surface area contributed by atoms with Gasteiger partial charge in [0.25, 0.3) is 5.91 Å². The third kappa shape index (κ3) is 3.83. The Labute approximate surface area is 157 Å². The Kier molecular flexibility index (Phi) is 5.18. The molecule has 2 amide bonds. The first kappa shape index (κ1) is 17.9. The number of nitrogens with one attached hydrogen (secondary N) is 3. The van der Waals surface area contributed by atoms with Gasteiger partial charge < -0.3 is 15.6 Å². The average molecular weight is 414 g/mol. The van der Waals surface area contributed by atoms with Gasteiger partial charge in [-0.15, -0.1) is 0 Å². The zero-order valence-electron chi connectivity index (χ0n) is 13.9. The van der Waals surface area contributed by atoms with E-state index in [1.807, 2.05) is 19.1 Å². The monoisotopic (exact) mass is 413 g/mol. The fourth-order valence-corrected chi connectivity index (χ4v) is 2.88. The molecule has 1 heterocycles. The highest BCUT2D eigenvalue weighted by atomic mass is 79.9. The number of halogens is 1. The Morgan fingerprint density at radius 3 is 2.73 bits per heavy atom. The number of H-pyrrole nitrogens is 1. The van der Waals surface area contributed by atoms with E-state index in [-0.39, 0.29) is 23.4 Å². The minimum Gasteiger partial charge on any atom is -0.360 e. The molecule has 0 spiro atoms. The van der Waals surface area contributed by atoms with Gasteiger partial charge in [-0.3, -0.25) is 14.4 Å². The Morgan fingerprint density at radius 1 is 1.15 bits per heavy atom. The van der Waals surface area contributed by atoms with E-state index in [9.17, 15) is 14.4 Å². The lowest BCUT2D eigenvalue weighted by atomic mass is 10.1. The highest BCUT2D eigenvalue weighted by Gasteiger charge is 2.14. The molecule has 0 radical (unpaired) electrons. The molecule has 3 rings (SSSR count). The maximum absolute atomic E-state index is 12.4. The number of anilines is 1. The first-order valence-electron chi connectivity index (χ1n) is 7.90. The summed E-state index contributed by atoms with van der Waals surface area (Å²) in [5.74, 6) is -0.977. The quantitative estimate of drug-likeness (QED) is 0.613. The van der Waals surface area contributed by atoms with Gasteiger partial charge in [-0.05, 0) is 36.8 Å². The molecule has 0 saturated heterocycles. The van der Waals surface area contributed by atoms with Crippen molar-refractivity contribution in [3.63, 3.8) is 0 Å². The summed E-state index contributed by atoms with van der Waals surface area (Å²) in [7, 11) is 0. The maximum atomic E-state index is 12.4. The smallest absolute Gasteiger partial charge is 0.257 e. The van der Waals surface area contributed by atoms with E-state index in [0.717, 1.165) is 10.0 Å². The SMILES string of the molecule is Cc1ccc(Br)cc1NC(=O)CNC(=O)c1c[nH]c2ccccc2c1=O. The van der Waals surface area contributed by atoms with Crippen molar-refractivity contribution in [2.24, 2.45) is 0 Å². The van der Waals surface area contributed by atoms with Crippen molar-refractivity contribution in [3.05, 3.63) is 74.5 Å². The number of aryl methyl sites for hydroxylation is 1. The second-order valence-electron chi connectivity index (χ2n) is 5.77. The van der Waals surface area contributed by atoms with Crippen LogP contribution in [0.2, 0.25) is 0 Å². The minimum absolute atomic E-state index is 0.0323. The molecule has 3 aromatic rings. The summed E-state index contributed by atoms with van der Waals surface area (Å²) in [6.07, 6.45) is 1.36. The molecule has 0 aliphatic rings. The molecule has 6 nitrogen and oxygen atoms in total. The molecule has 0 atom stereocenters. The fourth-order valence-electron chi connectivity index (χ4n) is 2.52. The minimum atomic E-state index is -0.599. The second-order valence-corrected chi connectivity index (χ2v) is 6.68. The lowest BCUT2D eigenvalue weighted by Gasteiger charge is -2.10. The average Bonchev–Trinajstić information content (AvgIpc) is 2.63. The van der Waals surface area contributed by atoms with Crippen molar-refractivity contribution in [3.8, 4) is 0 Å². The van der Waals surface area contributed by atoms with Crippen LogP contribution in [0.25, 0.3) is 10.9 Å². The standard InChI is InChI=1S/C19H16BrN3O3/c1-11-6-7-12(20)8-16(11)23-17(24)10-22-19(26)14-9-21-15-5-3-2-4-13(15)18(14)25/h2-9H,10H2,1H3,(H,21,25)(H,22,26)(H,23,24). The van der Waals surface area contributed by atoms with E-state index in [1.54, 1.807) is 30.3 Å². The van der Waals surface area contributed by atoms with E-state index >= 15 is 0 Å². The molecule has 2 aromatic carbocycles. The van der Waals surface area contributed by atoms with Crippen molar-refractivity contribution in [2.75, 3.05) is 11.9 Å². The molecular formula is C19H16BrN3O3. The number of fused-ring (bicyclic) bond motifs is 1. The number of rotatable bonds is 4. The van der Waals surface area contributed by atoms with Crippen LogP contribution in [-0.4, -0.2) is 23.3 Å². The van der Waals surface area contributed by atoms with Crippen LogP contribution in [0.4, 0.5) is 5.69 Å². The zero-order valence-corrected chi connectivity index (χ0v) is 15.5. The number of amides is 2. The van der Waals surface area contributed by atoms with Crippen LogP contribution in [0.3, 0.4) is 0 Å². The van der Waals surface area contributed by atoms with E-state index in [0.29, 0.717) is 16.6 Å². The Bertz CT molecular complexity index is 1060. The zero-order chi connectivity index (χ0) is 18.7. The summed E-state index contributed by atoms with van der Waals surface area (Å²) >= 11 is 3.35. The van der Waals surface area contributed by atoms with Crippen LogP contribution >= 0.6 is 15.9 Å². The van der Waals surface area contributed by atoms with Crippen LogP contribution < -0.4 is 16.1 Å². The molecule has 0 aliphatic carbocycles. The van der Waals surface area contributed by atoms with Crippen molar-refractivity contribution < 1.29 is 9.59 Å².